The second-order valence-corrected chi connectivity index (χ2v) is 7.64. The number of nitrogens with one attached hydrogen (secondary N) is 1. The number of carbonyl (C=O) groups is 1. The zero-order valence-electron chi connectivity index (χ0n) is 13.9. The molecule has 0 spiro atoms. The summed E-state index contributed by atoms with van der Waals surface area (Å²) in [4.78, 5) is 17.2. The van der Waals surface area contributed by atoms with Crippen molar-refractivity contribution < 1.29 is 4.79 Å². The van der Waals surface area contributed by atoms with Gasteiger partial charge in [-0.3, -0.25) is 14.6 Å². The summed E-state index contributed by atoms with van der Waals surface area (Å²) in [5.74, 6) is 0.0730. The number of piperazine rings is 1. The van der Waals surface area contributed by atoms with E-state index in [0.29, 0.717) is 6.54 Å². The first-order chi connectivity index (χ1) is 11.1. The fourth-order valence-corrected chi connectivity index (χ4v) is 4.26. The topological polar surface area (TPSA) is 35.6 Å². The van der Waals surface area contributed by atoms with Crippen LogP contribution in [0.2, 0.25) is 0 Å². The van der Waals surface area contributed by atoms with E-state index < -0.39 is 0 Å². The van der Waals surface area contributed by atoms with Gasteiger partial charge in [-0.15, -0.1) is 0 Å². The summed E-state index contributed by atoms with van der Waals surface area (Å²) in [7, 11) is 0. The zero-order chi connectivity index (χ0) is 16.2. The summed E-state index contributed by atoms with van der Waals surface area (Å²) >= 11 is 3.51. The number of halogens is 1. The molecule has 1 saturated heterocycles. The predicted octanol–water partition coefficient (Wildman–Crippen LogP) is 3.26. The normalized spacial score (nSPS) is 20.8. The van der Waals surface area contributed by atoms with Crippen molar-refractivity contribution in [3.05, 3.63) is 28.2 Å². The van der Waals surface area contributed by atoms with E-state index in [4.69, 9.17) is 0 Å². The molecule has 1 aromatic carbocycles. The van der Waals surface area contributed by atoms with Crippen LogP contribution in [0, 0.1) is 6.92 Å². The van der Waals surface area contributed by atoms with Gasteiger partial charge in [0.25, 0.3) is 0 Å². The van der Waals surface area contributed by atoms with Crippen molar-refractivity contribution in [1.82, 2.24) is 9.80 Å². The number of hydrogen-bond donors (Lipinski definition) is 1. The van der Waals surface area contributed by atoms with Crippen molar-refractivity contribution in [3.63, 3.8) is 0 Å². The standard InChI is InChI=1S/C18H26BrN3O/c1-14-6-7-17(16(19)12-14)20-18(23)13-21-8-10-22(11-9-21)15-4-2-3-5-15/h6-7,12,15H,2-5,8-11,13H2,1H3,(H,20,23). The lowest BCUT2D eigenvalue weighted by Gasteiger charge is -2.37. The molecule has 0 unspecified atom stereocenters. The van der Waals surface area contributed by atoms with Crippen LogP contribution < -0.4 is 5.32 Å². The molecule has 1 N–H and O–H groups in total. The van der Waals surface area contributed by atoms with Crippen molar-refractivity contribution >= 4 is 27.5 Å². The minimum atomic E-state index is 0.0730. The summed E-state index contributed by atoms with van der Waals surface area (Å²) in [5.41, 5.74) is 2.03. The largest absolute Gasteiger partial charge is 0.324 e. The SMILES string of the molecule is Cc1ccc(NC(=O)CN2CCN(C3CCCC3)CC2)c(Br)c1. The molecule has 1 aliphatic carbocycles. The molecule has 2 aliphatic rings. The summed E-state index contributed by atoms with van der Waals surface area (Å²) in [5, 5.41) is 3.01. The number of nitrogens with zero attached hydrogens (tertiary/aromatic N) is 2. The van der Waals surface area contributed by atoms with Gasteiger partial charge in [0.15, 0.2) is 0 Å². The first-order valence-electron chi connectivity index (χ1n) is 8.64. The molecule has 0 bridgehead atoms. The van der Waals surface area contributed by atoms with Crippen LogP contribution in [-0.4, -0.2) is 54.5 Å². The van der Waals surface area contributed by atoms with Crippen LogP contribution in [0.1, 0.15) is 31.2 Å². The Morgan fingerprint density at radius 1 is 1.22 bits per heavy atom. The van der Waals surface area contributed by atoms with Crippen molar-refractivity contribution in [3.8, 4) is 0 Å². The Hall–Kier alpha value is -0.910. The van der Waals surface area contributed by atoms with Crippen LogP contribution in [0.4, 0.5) is 5.69 Å². The molecule has 4 nitrogen and oxygen atoms in total. The van der Waals surface area contributed by atoms with Gasteiger partial charge in [0.2, 0.25) is 5.91 Å². The van der Waals surface area contributed by atoms with Crippen LogP contribution >= 0.6 is 15.9 Å². The van der Waals surface area contributed by atoms with Crippen molar-refractivity contribution in [2.24, 2.45) is 0 Å². The number of rotatable bonds is 4. The van der Waals surface area contributed by atoms with Crippen molar-refractivity contribution in [2.75, 3.05) is 38.0 Å². The Morgan fingerprint density at radius 3 is 2.57 bits per heavy atom. The zero-order valence-corrected chi connectivity index (χ0v) is 15.4. The maximum Gasteiger partial charge on any atom is 0.238 e. The van der Waals surface area contributed by atoms with Crippen LogP contribution in [-0.2, 0) is 4.79 Å². The van der Waals surface area contributed by atoms with Gasteiger partial charge < -0.3 is 5.32 Å². The lowest BCUT2D eigenvalue weighted by Crippen LogP contribution is -2.51. The molecular weight excluding hydrogens is 354 g/mol. The van der Waals surface area contributed by atoms with Gasteiger partial charge in [0.1, 0.15) is 0 Å². The highest BCUT2D eigenvalue weighted by molar-refractivity contribution is 9.10. The fourth-order valence-electron chi connectivity index (χ4n) is 3.67. The maximum atomic E-state index is 12.3. The molecule has 1 aromatic rings. The Bertz CT molecular complexity index is 549. The van der Waals surface area contributed by atoms with Crippen molar-refractivity contribution in [1.29, 1.82) is 0 Å². The summed E-state index contributed by atoms with van der Waals surface area (Å²) in [6, 6.07) is 6.79. The number of anilines is 1. The molecule has 2 fully saturated rings. The van der Waals surface area contributed by atoms with Crippen LogP contribution in [0.3, 0.4) is 0 Å². The van der Waals surface area contributed by atoms with E-state index in [1.54, 1.807) is 0 Å². The Kier molecular flexibility index (Phi) is 5.72. The Balaban J connectivity index is 1.45. The van der Waals surface area contributed by atoms with E-state index in [9.17, 15) is 4.79 Å². The number of amides is 1. The highest BCUT2D eigenvalue weighted by Crippen LogP contribution is 2.25. The molecule has 1 aliphatic heterocycles. The van der Waals surface area contributed by atoms with Gasteiger partial charge >= 0.3 is 0 Å². The summed E-state index contributed by atoms with van der Waals surface area (Å²) in [6.07, 6.45) is 5.50. The van der Waals surface area contributed by atoms with Gasteiger partial charge in [-0.05, 0) is 53.4 Å². The lowest BCUT2D eigenvalue weighted by atomic mass is 10.2. The van der Waals surface area contributed by atoms with Gasteiger partial charge in [0.05, 0.1) is 12.2 Å². The van der Waals surface area contributed by atoms with Crippen LogP contribution in [0.15, 0.2) is 22.7 Å². The molecular formula is C18H26BrN3O. The molecule has 0 aromatic heterocycles. The fraction of sp³-hybridized carbons (Fsp3) is 0.611. The molecule has 3 rings (SSSR count). The van der Waals surface area contributed by atoms with E-state index >= 15 is 0 Å². The van der Waals surface area contributed by atoms with Gasteiger partial charge in [-0.1, -0.05) is 18.9 Å². The van der Waals surface area contributed by atoms with Gasteiger partial charge in [-0.2, -0.15) is 0 Å². The lowest BCUT2D eigenvalue weighted by molar-refractivity contribution is -0.117. The summed E-state index contributed by atoms with van der Waals surface area (Å²) in [6.45, 7) is 6.73. The highest BCUT2D eigenvalue weighted by Gasteiger charge is 2.26. The van der Waals surface area contributed by atoms with Crippen LogP contribution in [0.5, 0.6) is 0 Å². The van der Waals surface area contributed by atoms with E-state index in [0.717, 1.165) is 42.4 Å². The second-order valence-electron chi connectivity index (χ2n) is 6.78. The molecule has 1 saturated carbocycles. The molecule has 0 radical (unpaired) electrons. The van der Waals surface area contributed by atoms with E-state index in [2.05, 4.69) is 31.0 Å². The predicted molar refractivity (Wildman–Crippen MR) is 97.8 cm³/mol. The maximum absolute atomic E-state index is 12.3. The first kappa shape index (κ1) is 16.9. The minimum Gasteiger partial charge on any atom is -0.324 e. The molecule has 1 amide bonds. The molecule has 5 heteroatoms. The monoisotopic (exact) mass is 379 g/mol. The number of aryl methyl sites for hydroxylation is 1. The average molecular weight is 380 g/mol. The van der Waals surface area contributed by atoms with E-state index in [1.165, 1.54) is 31.2 Å². The average Bonchev–Trinajstić information content (AvgIpc) is 3.05. The first-order valence-corrected chi connectivity index (χ1v) is 9.43. The number of hydrogen-bond acceptors (Lipinski definition) is 3. The van der Waals surface area contributed by atoms with E-state index in [-0.39, 0.29) is 5.91 Å². The van der Waals surface area contributed by atoms with Gasteiger partial charge in [-0.25, -0.2) is 0 Å². The molecule has 126 valence electrons. The van der Waals surface area contributed by atoms with Crippen molar-refractivity contribution in [2.45, 2.75) is 38.6 Å². The number of carbonyl (C=O) groups excluding carboxylic acids is 1. The van der Waals surface area contributed by atoms with E-state index in [1.807, 2.05) is 25.1 Å². The highest BCUT2D eigenvalue weighted by atomic mass is 79.9. The molecule has 0 atom stereocenters. The summed E-state index contributed by atoms with van der Waals surface area (Å²) < 4.78 is 0.942. The third-order valence-corrected chi connectivity index (χ3v) is 5.67. The third-order valence-electron chi connectivity index (χ3n) is 5.01. The third kappa shape index (κ3) is 4.55. The number of benzene rings is 1. The second kappa shape index (κ2) is 7.77. The Labute approximate surface area is 147 Å². The van der Waals surface area contributed by atoms with Crippen LogP contribution in [0.25, 0.3) is 0 Å². The minimum absolute atomic E-state index is 0.0730. The Morgan fingerprint density at radius 2 is 1.91 bits per heavy atom. The quantitative estimate of drug-likeness (QED) is 0.871. The smallest absolute Gasteiger partial charge is 0.238 e. The molecule has 1 heterocycles. The molecule has 23 heavy (non-hydrogen) atoms. The van der Waals surface area contributed by atoms with Gasteiger partial charge in [0, 0.05) is 36.7 Å².